The van der Waals surface area contributed by atoms with Crippen LogP contribution in [0.5, 0.6) is 5.75 Å². The van der Waals surface area contributed by atoms with Crippen molar-refractivity contribution in [2.24, 2.45) is 5.92 Å². The van der Waals surface area contributed by atoms with Crippen LogP contribution in [0.2, 0.25) is 0 Å². The molecule has 2 aromatic carbocycles. The molecule has 1 fully saturated rings. The molecule has 5 heteroatoms. The highest BCUT2D eigenvalue weighted by atomic mass is 32.2. The summed E-state index contributed by atoms with van der Waals surface area (Å²) < 4.78 is 2.02. The van der Waals surface area contributed by atoms with E-state index in [4.69, 9.17) is 0 Å². The second-order valence-corrected chi connectivity index (χ2v) is 9.32. The first-order valence-electron chi connectivity index (χ1n) is 10.5. The zero-order valence-corrected chi connectivity index (χ0v) is 17.9. The first-order valence-corrected chi connectivity index (χ1v) is 11.7. The molecule has 1 N–H and O–H groups in total. The van der Waals surface area contributed by atoms with E-state index < -0.39 is 0 Å². The number of thioether (sulfide) groups is 1. The highest BCUT2D eigenvalue weighted by Crippen LogP contribution is 2.36. The number of hydrogen-bond donors (Lipinski definition) is 1. The third-order valence-corrected chi connectivity index (χ3v) is 7.21. The van der Waals surface area contributed by atoms with Crippen LogP contribution in [0.1, 0.15) is 23.6 Å². The molecule has 0 radical (unpaired) electrons. The van der Waals surface area contributed by atoms with E-state index >= 15 is 0 Å². The SMILES string of the molecule is CSc1ccc(-c2ccc3n(c2=O)C[C@H]2C[C@@H]3CN(Cc3ccccc3O)C2)cc1. The van der Waals surface area contributed by atoms with E-state index in [2.05, 4.69) is 29.4 Å². The summed E-state index contributed by atoms with van der Waals surface area (Å²) in [6.07, 6.45) is 3.20. The Hall–Kier alpha value is -2.50. The number of likely N-dealkylation sites (tertiary alicyclic amines) is 1. The lowest BCUT2D eigenvalue weighted by Crippen LogP contribution is -2.46. The van der Waals surface area contributed by atoms with Gasteiger partial charge in [0, 0.05) is 53.8 Å². The topological polar surface area (TPSA) is 45.5 Å². The van der Waals surface area contributed by atoms with Gasteiger partial charge in [-0.2, -0.15) is 0 Å². The monoisotopic (exact) mass is 418 g/mol. The second-order valence-electron chi connectivity index (χ2n) is 8.44. The molecule has 3 aromatic rings. The van der Waals surface area contributed by atoms with Crippen molar-refractivity contribution in [3.63, 3.8) is 0 Å². The van der Waals surface area contributed by atoms with Gasteiger partial charge in [-0.15, -0.1) is 11.8 Å². The smallest absolute Gasteiger partial charge is 0.258 e. The Morgan fingerprint density at radius 2 is 1.80 bits per heavy atom. The number of aromatic nitrogens is 1. The van der Waals surface area contributed by atoms with Gasteiger partial charge in [-0.25, -0.2) is 0 Å². The van der Waals surface area contributed by atoms with E-state index in [1.807, 2.05) is 41.0 Å². The highest BCUT2D eigenvalue weighted by molar-refractivity contribution is 7.98. The van der Waals surface area contributed by atoms with Crippen LogP contribution in [-0.2, 0) is 13.1 Å². The molecule has 1 aromatic heterocycles. The van der Waals surface area contributed by atoms with Crippen molar-refractivity contribution in [3.8, 4) is 16.9 Å². The molecule has 4 nitrogen and oxygen atoms in total. The van der Waals surface area contributed by atoms with Crippen LogP contribution in [0.4, 0.5) is 0 Å². The minimum Gasteiger partial charge on any atom is -0.508 e. The fourth-order valence-corrected chi connectivity index (χ4v) is 5.46. The van der Waals surface area contributed by atoms with Gasteiger partial charge in [0.15, 0.2) is 0 Å². The molecular formula is C25H26N2O2S. The molecule has 2 atom stereocenters. The van der Waals surface area contributed by atoms with Crippen LogP contribution < -0.4 is 5.56 Å². The molecule has 2 aliphatic rings. The highest BCUT2D eigenvalue weighted by Gasteiger charge is 2.35. The number of phenolic OH excluding ortho intramolecular Hbond substituents is 1. The summed E-state index contributed by atoms with van der Waals surface area (Å²) in [6, 6.07) is 20.0. The first kappa shape index (κ1) is 19.5. The number of para-hydroxylation sites is 1. The van der Waals surface area contributed by atoms with Crippen LogP contribution in [0.3, 0.4) is 0 Å². The van der Waals surface area contributed by atoms with Crippen LogP contribution >= 0.6 is 11.8 Å². The van der Waals surface area contributed by atoms with E-state index in [0.29, 0.717) is 17.6 Å². The maximum Gasteiger partial charge on any atom is 0.258 e. The molecule has 0 spiro atoms. The van der Waals surface area contributed by atoms with Crippen molar-refractivity contribution >= 4 is 11.8 Å². The van der Waals surface area contributed by atoms with Crippen molar-refractivity contribution in [3.05, 3.63) is 82.3 Å². The number of nitrogens with zero attached hydrogens (tertiary/aromatic N) is 2. The maximum atomic E-state index is 13.3. The van der Waals surface area contributed by atoms with Crippen molar-refractivity contribution in [2.75, 3.05) is 19.3 Å². The van der Waals surface area contributed by atoms with E-state index in [0.717, 1.165) is 55.0 Å². The summed E-state index contributed by atoms with van der Waals surface area (Å²) in [5, 5.41) is 10.1. The molecule has 30 heavy (non-hydrogen) atoms. The van der Waals surface area contributed by atoms with Gasteiger partial charge in [0.05, 0.1) is 0 Å². The minimum atomic E-state index is 0.133. The third-order valence-electron chi connectivity index (χ3n) is 6.47. The number of benzene rings is 2. The van der Waals surface area contributed by atoms with Gasteiger partial charge in [0.1, 0.15) is 5.75 Å². The lowest BCUT2D eigenvalue weighted by molar-refractivity contribution is 0.113. The molecule has 1 saturated heterocycles. The van der Waals surface area contributed by atoms with Gasteiger partial charge in [-0.1, -0.05) is 30.3 Å². The number of phenols is 1. The minimum absolute atomic E-state index is 0.133. The number of pyridine rings is 1. The second kappa shape index (κ2) is 7.97. The molecule has 3 heterocycles. The lowest BCUT2D eigenvalue weighted by atomic mass is 9.82. The maximum absolute atomic E-state index is 13.3. The van der Waals surface area contributed by atoms with E-state index in [-0.39, 0.29) is 5.56 Å². The van der Waals surface area contributed by atoms with Gasteiger partial charge in [-0.3, -0.25) is 9.69 Å². The van der Waals surface area contributed by atoms with Crippen molar-refractivity contribution in [1.82, 2.24) is 9.47 Å². The Labute approximate surface area is 181 Å². The van der Waals surface area contributed by atoms with Crippen molar-refractivity contribution in [1.29, 1.82) is 0 Å². The first-order chi connectivity index (χ1) is 14.6. The zero-order valence-electron chi connectivity index (χ0n) is 17.1. The Balaban J connectivity index is 1.42. The predicted octanol–water partition coefficient (Wildman–Crippen LogP) is 4.56. The fraction of sp³-hybridized carbons (Fsp3) is 0.320. The van der Waals surface area contributed by atoms with Gasteiger partial charge in [-0.05, 0) is 54.5 Å². The average molecular weight is 419 g/mol. The third kappa shape index (κ3) is 3.57. The number of fused-ring (bicyclic) bond motifs is 4. The summed E-state index contributed by atoms with van der Waals surface area (Å²) in [5.41, 5.74) is 4.04. The summed E-state index contributed by atoms with van der Waals surface area (Å²) in [6.45, 7) is 3.41. The van der Waals surface area contributed by atoms with Crippen molar-refractivity contribution in [2.45, 2.75) is 30.3 Å². The predicted molar refractivity (Wildman–Crippen MR) is 122 cm³/mol. The number of hydrogen-bond acceptors (Lipinski definition) is 4. The molecule has 0 saturated carbocycles. The van der Waals surface area contributed by atoms with Crippen molar-refractivity contribution < 1.29 is 5.11 Å². The zero-order chi connectivity index (χ0) is 20.7. The molecule has 0 amide bonds. The van der Waals surface area contributed by atoms with Gasteiger partial charge in [0.2, 0.25) is 0 Å². The molecule has 2 bridgehead atoms. The van der Waals surface area contributed by atoms with Gasteiger partial charge >= 0.3 is 0 Å². The van der Waals surface area contributed by atoms with Gasteiger partial charge in [0.25, 0.3) is 5.56 Å². The lowest BCUT2D eigenvalue weighted by Gasteiger charge is -2.43. The largest absolute Gasteiger partial charge is 0.508 e. The standard InChI is InChI=1S/C25H26N2O2S/c1-30-21-8-6-18(7-9-21)22-10-11-23-20-12-17(14-27(23)25(22)29)13-26(16-20)15-19-4-2-3-5-24(19)28/h2-11,17,20,28H,12-16H2,1H3/t17-,20+/m0/s1. The molecule has 0 unspecified atom stereocenters. The van der Waals surface area contributed by atoms with Crippen LogP contribution in [-0.4, -0.2) is 33.9 Å². The Morgan fingerprint density at radius 3 is 2.57 bits per heavy atom. The Kier molecular flexibility index (Phi) is 5.17. The van der Waals surface area contributed by atoms with Crippen LogP contribution in [0.25, 0.3) is 11.1 Å². The molecular weight excluding hydrogens is 392 g/mol. The van der Waals surface area contributed by atoms with Crippen LogP contribution in [0, 0.1) is 5.92 Å². The summed E-state index contributed by atoms with van der Waals surface area (Å²) >= 11 is 1.71. The normalized spacial score (nSPS) is 20.7. The summed E-state index contributed by atoms with van der Waals surface area (Å²) in [7, 11) is 0. The summed E-state index contributed by atoms with van der Waals surface area (Å²) in [4.78, 5) is 17.0. The van der Waals surface area contributed by atoms with Crippen LogP contribution in [0.15, 0.2) is 70.4 Å². The average Bonchev–Trinajstić information content (AvgIpc) is 2.76. The fourth-order valence-electron chi connectivity index (χ4n) is 5.05. The molecule has 5 rings (SSSR count). The van der Waals surface area contributed by atoms with E-state index in [9.17, 15) is 9.90 Å². The Morgan fingerprint density at radius 1 is 1.00 bits per heavy atom. The molecule has 2 aliphatic heterocycles. The molecule has 154 valence electrons. The van der Waals surface area contributed by atoms with Gasteiger partial charge < -0.3 is 9.67 Å². The van der Waals surface area contributed by atoms with E-state index in [1.165, 1.54) is 4.90 Å². The van der Waals surface area contributed by atoms with E-state index in [1.54, 1.807) is 17.8 Å². The quantitative estimate of drug-likeness (QED) is 0.631. The summed E-state index contributed by atoms with van der Waals surface area (Å²) in [5.74, 6) is 1.19. The molecule has 0 aliphatic carbocycles. The number of aromatic hydroxyl groups is 1. The number of rotatable bonds is 4. The number of piperidine rings is 1. The Bertz CT molecular complexity index is 1120.